The summed E-state index contributed by atoms with van der Waals surface area (Å²) in [5, 5.41) is 6.07. The van der Waals surface area contributed by atoms with Crippen molar-refractivity contribution in [2.24, 2.45) is 5.92 Å². The Hall–Kier alpha value is -1.55. The van der Waals surface area contributed by atoms with Gasteiger partial charge >= 0.3 is 0 Å². The average Bonchev–Trinajstić information content (AvgIpc) is 2.47. The highest BCUT2D eigenvalue weighted by atomic mass is 16.5. The molecule has 4 heteroatoms. The topological polar surface area (TPSA) is 50.4 Å². The maximum atomic E-state index is 11.8. The molecule has 0 saturated heterocycles. The van der Waals surface area contributed by atoms with Crippen molar-refractivity contribution in [1.29, 1.82) is 0 Å². The first kappa shape index (κ1) is 18.5. The maximum Gasteiger partial charge on any atom is 0.220 e. The van der Waals surface area contributed by atoms with Crippen molar-refractivity contribution >= 4 is 5.91 Å². The molecule has 0 aliphatic carbocycles. The number of rotatable bonds is 10. The lowest BCUT2D eigenvalue weighted by atomic mass is 10.1. The van der Waals surface area contributed by atoms with Crippen LogP contribution < -0.4 is 15.4 Å². The van der Waals surface area contributed by atoms with Crippen LogP contribution in [0.25, 0.3) is 0 Å². The van der Waals surface area contributed by atoms with Crippen LogP contribution in [0.3, 0.4) is 0 Å². The van der Waals surface area contributed by atoms with Gasteiger partial charge in [0, 0.05) is 6.42 Å². The first-order chi connectivity index (χ1) is 10.5. The number of amides is 1. The Morgan fingerprint density at radius 3 is 2.45 bits per heavy atom. The molecular weight excluding hydrogens is 276 g/mol. The highest BCUT2D eigenvalue weighted by molar-refractivity contribution is 5.76. The van der Waals surface area contributed by atoms with E-state index >= 15 is 0 Å². The standard InChI is InChI=1S/C18H30N2O2/c1-14(2)11-13-22-17-9-7-16(8-10-17)15(3)20-18(21)6-5-12-19-4/h7-10,14-15,19H,5-6,11-13H2,1-4H3,(H,20,21). The van der Waals surface area contributed by atoms with Gasteiger partial charge in [0.25, 0.3) is 0 Å². The van der Waals surface area contributed by atoms with E-state index in [1.165, 1.54) is 0 Å². The predicted molar refractivity (Wildman–Crippen MR) is 91.1 cm³/mol. The van der Waals surface area contributed by atoms with Crippen molar-refractivity contribution in [3.05, 3.63) is 29.8 Å². The molecule has 1 aromatic rings. The zero-order valence-electron chi connectivity index (χ0n) is 14.3. The number of benzene rings is 1. The largest absolute Gasteiger partial charge is 0.494 e. The van der Waals surface area contributed by atoms with Crippen molar-refractivity contribution in [2.45, 2.75) is 46.1 Å². The van der Waals surface area contributed by atoms with Crippen LogP contribution in [0.15, 0.2) is 24.3 Å². The molecular formula is C18H30N2O2. The summed E-state index contributed by atoms with van der Waals surface area (Å²) in [6.45, 7) is 7.99. The van der Waals surface area contributed by atoms with Crippen LogP contribution in [0, 0.1) is 5.92 Å². The Morgan fingerprint density at radius 1 is 1.18 bits per heavy atom. The van der Waals surface area contributed by atoms with Gasteiger partial charge in [0.05, 0.1) is 12.6 Å². The predicted octanol–water partition coefficient (Wildman–Crippen LogP) is 3.29. The van der Waals surface area contributed by atoms with Crippen molar-refractivity contribution in [2.75, 3.05) is 20.2 Å². The van der Waals surface area contributed by atoms with Crippen molar-refractivity contribution < 1.29 is 9.53 Å². The van der Waals surface area contributed by atoms with Crippen molar-refractivity contribution in [3.63, 3.8) is 0 Å². The molecule has 0 aliphatic rings. The van der Waals surface area contributed by atoms with E-state index in [0.717, 1.165) is 37.3 Å². The molecule has 1 aromatic carbocycles. The van der Waals surface area contributed by atoms with Gasteiger partial charge < -0.3 is 15.4 Å². The van der Waals surface area contributed by atoms with E-state index in [1.54, 1.807) is 0 Å². The van der Waals surface area contributed by atoms with Crippen LogP contribution in [0.1, 0.15) is 51.6 Å². The zero-order chi connectivity index (χ0) is 16.4. The first-order valence-electron chi connectivity index (χ1n) is 8.19. The molecule has 0 aliphatic heterocycles. The monoisotopic (exact) mass is 306 g/mol. The number of ether oxygens (including phenoxy) is 1. The van der Waals surface area contributed by atoms with Gasteiger partial charge in [-0.25, -0.2) is 0 Å². The molecule has 4 nitrogen and oxygen atoms in total. The van der Waals surface area contributed by atoms with Crippen LogP contribution >= 0.6 is 0 Å². The minimum atomic E-state index is 0.0202. The normalized spacial score (nSPS) is 12.2. The highest BCUT2D eigenvalue weighted by Crippen LogP contribution is 2.18. The number of carbonyl (C=O) groups excluding carboxylic acids is 1. The van der Waals surface area contributed by atoms with Crippen LogP contribution in [0.4, 0.5) is 0 Å². The summed E-state index contributed by atoms with van der Waals surface area (Å²) in [7, 11) is 1.89. The summed E-state index contributed by atoms with van der Waals surface area (Å²) >= 11 is 0. The van der Waals surface area contributed by atoms with E-state index in [-0.39, 0.29) is 11.9 Å². The summed E-state index contributed by atoms with van der Waals surface area (Å²) in [6.07, 6.45) is 2.47. The fraction of sp³-hybridized carbons (Fsp3) is 0.611. The van der Waals surface area contributed by atoms with Crippen LogP contribution in [0.2, 0.25) is 0 Å². The average molecular weight is 306 g/mol. The van der Waals surface area contributed by atoms with Crippen LogP contribution in [-0.2, 0) is 4.79 Å². The fourth-order valence-corrected chi connectivity index (χ4v) is 2.09. The van der Waals surface area contributed by atoms with E-state index in [2.05, 4.69) is 24.5 Å². The summed E-state index contributed by atoms with van der Waals surface area (Å²) in [6, 6.07) is 8.00. The van der Waals surface area contributed by atoms with Gasteiger partial charge in [0.1, 0.15) is 5.75 Å². The number of nitrogens with one attached hydrogen (secondary N) is 2. The Labute approximate surface area is 134 Å². The highest BCUT2D eigenvalue weighted by Gasteiger charge is 2.09. The van der Waals surface area contributed by atoms with Gasteiger partial charge in [-0.2, -0.15) is 0 Å². The molecule has 1 unspecified atom stereocenters. The molecule has 1 rings (SSSR count). The van der Waals surface area contributed by atoms with Crippen molar-refractivity contribution in [3.8, 4) is 5.75 Å². The Kier molecular flexibility index (Phi) is 8.60. The summed E-state index contributed by atoms with van der Waals surface area (Å²) < 4.78 is 5.70. The molecule has 0 saturated carbocycles. The van der Waals surface area contributed by atoms with E-state index in [1.807, 2.05) is 38.2 Å². The van der Waals surface area contributed by atoms with Crippen LogP contribution in [-0.4, -0.2) is 26.1 Å². The summed E-state index contributed by atoms with van der Waals surface area (Å²) in [5.74, 6) is 1.63. The van der Waals surface area contributed by atoms with Gasteiger partial charge in [-0.05, 0) is 57.0 Å². The number of hydrogen-bond acceptors (Lipinski definition) is 3. The lowest BCUT2D eigenvalue weighted by Crippen LogP contribution is -2.27. The minimum Gasteiger partial charge on any atom is -0.494 e. The van der Waals surface area contributed by atoms with E-state index < -0.39 is 0 Å². The molecule has 22 heavy (non-hydrogen) atoms. The first-order valence-corrected chi connectivity index (χ1v) is 8.19. The molecule has 0 aromatic heterocycles. The molecule has 2 N–H and O–H groups in total. The molecule has 0 spiro atoms. The SMILES string of the molecule is CNCCCC(=O)NC(C)c1ccc(OCCC(C)C)cc1. The second kappa shape index (κ2) is 10.2. The molecule has 1 atom stereocenters. The zero-order valence-corrected chi connectivity index (χ0v) is 14.3. The van der Waals surface area contributed by atoms with E-state index in [9.17, 15) is 4.79 Å². The molecule has 0 fully saturated rings. The van der Waals surface area contributed by atoms with Crippen molar-refractivity contribution in [1.82, 2.24) is 10.6 Å². The van der Waals surface area contributed by atoms with Gasteiger partial charge in [-0.3, -0.25) is 4.79 Å². The molecule has 0 bridgehead atoms. The molecule has 124 valence electrons. The third-order valence-electron chi connectivity index (χ3n) is 3.55. The Morgan fingerprint density at radius 2 is 1.86 bits per heavy atom. The summed E-state index contributed by atoms with van der Waals surface area (Å²) in [4.78, 5) is 11.8. The number of hydrogen-bond donors (Lipinski definition) is 2. The lowest BCUT2D eigenvalue weighted by molar-refractivity contribution is -0.121. The molecule has 0 radical (unpaired) electrons. The summed E-state index contributed by atoms with van der Waals surface area (Å²) in [5.41, 5.74) is 1.10. The minimum absolute atomic E-state index is 0.0202. The van der Waals surface area contributed by atoms with Gasteiger partial charge in [0.2, 0.25) is 5.91 Å². The molecule has 0 heterocycles. The third-order valence-corrected chi connectivity index (χ3v) is 3.55. The lowest BCUT2D eigenvalue weighted by Gasteiger charge is -2.15. The molecule has 1 amide bonds. The quantitative estimate of drug-likeness (QED) is 0.652. The number of carbonyl (C=O) groups is 1. The van der Waals surface area contributed by atoms with E-state index in [4.69, 9.17) is 4.74 Å². The van der Waals surface area contributed by atoms with Gasteiger partial charge in [-0.15, -0.1) is 0 Å². The fourth-order valence-electron chi connectivity index (χ4n) is 2.09. The van der Waals surface area contributed by atoms with Crippen LogP contribution in [0.5, 0.6) is 5.75 Å². The smallest absolute Gasteiger partial charge is 0.220 e. The Balaban J connectivity index is 2.39. The second-order valence-corrected chi connectivity index (χ2v) is 6.10. The van der Waals surface area contributed by atoms with Gasteiger partial charge in [-0.1, -0.05) is 26.0 Å². The maximum absolute atomic E-state index is 11.8. The Bertz CT molecular complexity index is 429. The third kappa shape index (κ3) is 7.46. The van der Waals surface area contributed by atoms with Gasteiger partial charge in [0.15, 0.2) is 0 Å². The van der Waals surface area contributed by atoms with E-state index in [0.29, 0.717) is 12.3 Å². The second-order valence-electron chi connectivity index (χ2n) is 6.10.